The summed E-state index contributed by atoms with van der Waals surface area (Å²) < 4.78 is 5.37. The van der Waals surface area contributed by atoms with Crippen molar-refractivity contribution in [2.24, 2.45) is 11.7 Å². The summed E-state index contributed by atoms with van der Waals surface area (Å²) in [5.74, 6) is 0.667. The SMILES string of the molecule is CC(C)(C)OC(=O)N1CCCC(CC(=N)N)CC1. The van der Waals surface area contributed by atoms with E-state index in [4.69, 9.17) is 15.9 Å². The molecule has 5 heteroatoms. The molecule has 1 aliphatic heterocycles. The third kappa shape index (κ3) is 5.38. The minimum absolute atomic E-state index is 0.231. The highest BCUT2D eigenvalue weighted by atomic mass is 16.6. The van der Waals surface area contributed by atoms with Gasteiger partial charge in [0.05, 0.1) is 5.84 Å². The van der Waals surface area contributed by atoms with Crippen molar-refractivity contribution in [1.29, 1.82) is 5.41 Å². The van der Waals surface area contributed by atoms with E-state index in [1.807, 2.05) is 20.8 Å². The molecule has 3 N–H and O–H groups in total. The highest BCUT2D eigenvalue weighted by molar-refractivity contribution is 5.77. The van der Waals surface area contributed by atoms with Gasteiger partial charge in [-0.15, -0.1) is 0 Å². The van der Waals surface area contributed by atoms with Crippen LogP contribution in [-0.4, -0.2) is 35.5 Å². The predicted molar refractivity (Wildman–Crippen MR) is 71.7 cm³/mol. The lowest BCUT2D eigenvalue weighted by molar-refractivity contribution is 0.0255. The van der Waals surface area contributed by atoms with Gasteiger partial charge in [0.2, 0.25) is 0 Å². The van der Waals surface area contributed by atoms with Gasteiger partial charge in [-0.1, -0.05) is 0 Å². The van der Waals surface area contributed by atoms with E-state index in [2.05, 4.69) is 0 Å². The molecule has 0 aliphatic carbocycles. The Hall–Kier alpha value is -1.26. The highest BCUT2D eigenvalue weighted by Crippen LogP contribution is 2.21. The third-order valence-corrected chi connectivity index (χ3v) is 3.01. The van der Waals surface area contributed by atoms with Crippen molar-refractivity contribution in [3.63, 3.8) is 0 Å². The molecule has 1 amide bonds. The summed E-state index contributed by atoms with van der Waals surface area (Å²) in [6.07, 6.45) is 3.29. The van der Waals surface area contributed by atoms with E-state index in [0.29, 0.717) is 18.9 Å². The molecule has 5 nitrogen and oxygen atoms in total. The Morgan fingerprint density at radius 3 is 2.61 bits per heavy atom. The molecule has 1 saturated heterocycles. The number of nitrogens with two attached hydrogens (primary N) is 1. The molecular formula is C13H25N3O2. The number of rotatable bonds is 2. The highest BCUT2D eigenvalue weighted by Gasteiger charge is 2.25. The van der Waals surface area contributed by atoms with Crippen molar-refractivity contribution >= 4 is 11.9 Å². The van der Waals surface area contributed by atoms with Crippen LogP contribution in [0.4, 0.5) is 4.79 Å². The molecule has 18 heavy (non-hydrogen) atoms. The average molecular weight is 255 g/mol. The Labute approximate surface area is 109 Å². The first-order valence-corrected chi connectivity index (χ1v) is 6.59. The van der Waals surface area contributed by atoms with Crippen molar-refractivity contribution in [3.05, 3.63) is 0 Å². The minimum atomic E-state index is -0.442. The standard InChI is InChI=1S/C13H25N3O2/c1-13(2,3)18-12(17)16-7-4-5-10(6-8-16)9-11(14)15/h10H,4-9H2,1-3H3,(H3,14,15). The maximum absolute atomic E-state index is 11.9. The maximum atomic E-state index is 11.9. The van der Waals surface area contributed by atoms with E-state index in [9.17, 15) is 4.79 Å². The fraction of sp³-hybridized carbons (Fsp3) is 0.846. The molecule has 0 aromatic carbocycles. The van der Waals surface area contributed by atoms with E-state index in [1.165, 1.54) is 0 Å². The molecule has 1 fully saturated rings. The zero-order valence-corrected chi connectivity index (χ0v) is 11.7. The normalized spacial score (nSPS) is 21.3. The van der Waals surface area contributed by atoms with Crippen molar-refractivity contribution in [1.82, 2.24) is 4.90 Å². The zero-order valence-electron chi connectivity index (χ0n) is 11.7. The molecule has 0 aromatic rings. The van der Waals surface area contributed by atoms with Crippen LogP contribution >= 0.6 is 0 Å². The van der Waals surface area contributed by atoms with Crippen molar-refractivity contribution < 1.29 is 9.53 Å². The van der Waals surface area contributed by atoms with E-state index in [0.717, 1.165) is 25.8 Å². The number of likely N-dealkylation sites (tertiary alicyclic amines) is 1. The monoisotopic (exact) mass is 255 g/mol. The van der Waals surface area contributed by atoms with Crippen molar-refractivity contribution in [2.75, 3.05) is 13.1 Å². The number of ether oxygens (including phenoxy) is 1. The quantitative estimate of drug-likeness (QED) is 0.587. The largest absolute Gasteiger partial charge is 0.444 e. The number of amides is 1. The molecule has 1 heterocycles. The van der Waals surface area contributed by atoms with Crippen LogP contribution in [0.2, 0.25) is 0 Å². The smallest absolute Gasteiger partial charge is 0.410 e. The van der Waals surface area contributed by atoms with Crippen LogP contribution in [0.5, 0.6) is 0 Å². The maximum Gasteiger partial charge on any atom is 0.410 e. The summed E-state index contributed by atoms with van der Waals surface area (Å²) >= 11 is 0. The van der Waals surface area contributed by atoms with E-state index in [1.54, 1.807) is 4.90 Å². The number of hydrogen-bond donors (Lipinski definition) is 2. The van der Waals surface area contributed by atoms with Crippen LogP contribution in [0.3, 0.4) is 0 Å². The Morgan fingerprint density at radius 2 is 2.06 bits per heavy atom. The van der Waals surface area contributed by atoms with Gasteiger partial charge in [0.1, 0.15) is 5.60 Å². The molecule has 1 unspecified atom stereocenters. The molecule has 0 saturated carbocycles. The summed E-state index contributed by atoms with van der Waals surface area (Å²) in [6, 6.07) is 0. The molecule has 1 rings (SSSR count). The molecule has 0 bridgehead atoms. The Kier molecular flexibility index (Phi) is 4.99. The molecular weight excluding hydrogens is 230 g/mol. The number of hydrogen-bond acceptors (Lipinski definition) is 3. The first-order valence-electron chi connectivity index (χ1n) is 6.59. The number of carbonyl (C=O) groups excluding carboxylic acids is 1. The molecule has 104 valence electrons. The van der Waals surface area contributed by atoms with Gasteiger partial charge >= 0.3 is 6.09 Å². The number of amidine groups is 1. The zero-order chi connectivity index (χ0) is 13.8. The number of nitrogens with zero attached hydrogens (tertiary/aromatic N) is 1. The lowest BCUT2D eigenvalue weighted by Gasteiger charge is -2.26. The number of nitrogens with one attached hydrogen (secondary N) is 1. The summed E-state index contributed by atoms with van der Waals surface area (Å²) in [6.45, 7) is 7.07. The first-order chi connectivity index (χ1) is 8.28. The fourth-order valence-electron chi connectivity index (χ4n) is 2.19. The minimum Gasteiger partial charge on any atom is -0.444 e. The summed E-state index contributed by atoms with van der Waals surface area (Å²) in [4.78, 5) is 13.7. The lowest BCUT2D eigenvalue weighted by atomic mass is 9.97. The fourth-order valence-corrected chi connectivity index (χ4v) is 2.19. The number of carbonyl (C=O) groups is 1. The lowest BCUT2D eigenvalue weighted by Crippen LogP contribution is -2.37. The second-order valence-electron chi connectivity index (χ2n) is 5.99. The van der Waals surface area contributed by atoms with Crippen LogP contribution in [0.25, 0.3) is 0 Å². The Balaban J connectivity index is 2.46. The van der Waals surface area contributed by atoms with Gasteiger partial charge in [-0.05, 0) is 46.0 Å². The first kappa shape index (κ1) is 14.8. The van der Waals surface area contributed by atoms with E-state index < -0.39 is 5.60 Å². The summed E-state index contributed by atoms with van der Waals surface area (Å²) in [5, 5.41) is 7.33. The average Bonchev–Trinajstić information content (AvgIpc) is 2.39. The van der Waals surface area contributed by atoms with Crippen LogP contribution in [0.15, 0.2) is 0 Å². The van der Waals surface area contributed by atoms with Crippen LogP contribution < -0.4 is 5.73 Å². The predicted octanol–water partition coefficient (Wildman–Crippen LogP) is 2.35. The van der Waals surface area contributed by atoms with Crippen LogP contribution in [0, 0.1) is 11.3 Å². The van der Waals surface area contributed by atoms with Crippen LogP contribution in [0.1, 0.15) is 46.5 Å². The molecule has 0 spiro atoms. The van der Waals surface area contributed by atoms with Gasteiger partial charge in [0.15, 0.2) is 0 Å². The van der Waals surface area contributed by atoms with Gasteiger partial charge in [-0.2, -0.15) is 0 Å². The topological polar surface area (TPSA) is 79.4 Å². The molecule has 0 radical (unpaired) electrons. The van der Waals surface area contributed by atoms with Gasteiger partial charge in [-0.25, -0.2) is 4.79 Å². The summed E-state index contributed by atoms with van der Waals surface area (Å²) in [5.41, 5.74) is 4.99. The third-order valence-electron chi connectivity index (χ3n) is 3.01. The molecule has 1 atom stereocenters. The van der Waals surface area contributed by atoms with Gasteiger partial charge < -0.3 is 15.4 Å². The van der Waals surface area contributed by atoms with Gasteiger partial charge in [-0.3, -0.25) is 5.41 Å². The second kappa shape index (κ2) is 6.07. The van der Waals surface area contributed by atoms with E-state index in [-0.39, 0.29) is 11.9 Å². The van der Waals surface area contributed by atoms with Crippen LogP contribution in [-0.2, 0) is 4.74 Å². The molecule has 1 aliphatic rings. The second-order valence-corrected chi connectivity index (χ2v) is 5.99. The summed E-state index contributed by atoms with van der Waals surface area (Å²) in [7, 11) is 0. The van der Waals surface area contributed by atoms with Gasteiger partial charge in [0.25, 0.3) is 0 Å². The Bertz CT molecular complexity index is 310. The van der Waals surface area contributed by atoms with E-state index >= 15 is 0 Å². The Morgan fingerprint density at radius 1 is 1.39 bits per heavy atom. The van der Waals surface area contributed by atoms with Crippen molar-refractivity contribution in [3.8, 4) is 0 Å². The van der Waals surface area contributed by atoms with Gasteiger partial charge in [0, 0.05) is 19.5 Å². The molecule has 0 aromatic heterocycles. The van der Waals surface area contributed by atoms with Crippen molar-refractivity contribution in [2.45, 2.75) is 52.1 Å².